The molecule has 1 heterocycles. The van der Waals surface area contributed by atoms with Crippen LogP contribution in [0.3, 0.4) is 0 Å². The highest BCUT2D eigenvalue weighted by Gasteiger charge is 2.19. The Kier molecular flexibility index (Phi) is 5.64. The number of fused-ring (bicyclic) bond motifs is 1. The summed E-state index contributed by atoms with van der Waals surface area (Å²) in [4.78, 5) is 12.4. The van der Waals surface area contributed by atoms with E-state index in [1.165, 1.54) is 19.2 Å². The fraction of sp³-hybridized carbons (Fsp3) is 0.278. The van der Waals surface area contributed by atoms with Crippen LogP contribution >= 0.6 is 23.2 Å². The summed E-state index contributed by atoms with van der Waals surface area (Å²) in [6.45, 7) is 1.08. The molecule has 2 aromatic rings. The van der Waals surface area contributed by atoms with Gasteiger partial charge in [0.05, 0.1) is 36.1 Å². The molecule has 0 spiro atoms. The van der Waals surface area contributed by atoms with E-state index in [4.69, 9.17) is 47.9 Å². The van der Waals surface area contributed by atoms with Gasteiger partial charge in [0.25, 0.3) is 0 Å². The normalized spacial score (nSPS) is 13.0. The Bertz CT molecular complexity index is 841. The van der Waals surface area contributed by atoms with Crippen molar-refractivity contribution < 1.29 is 23.7 Å². The lowest BCUT2D eigenvalue weighted by Crippen LogP contribution is -2.08. The van der Waals surface area contributed by atoms with E-state index < -0.39 is 5.97 Å². The molecule has 2 N–H and O–H groups in total. The Balaban J connectivity index is 1.77. The molecule has 8 heteroatoms. The first-order valence-electron chi connectivity index (χ1n) is 7.87. The Hall–Kier alpha value is -2.31. The van der Waals surface area contributed by atoms with Crippen molar-refractivity contribution in [2.45, 2.75) is 13.0 Å². The van der Waals surface area contributed by atoms with E-state index in [0.29, 0.717) is 41.0 Å². The van der Waals surface area contributed by atoms with E-state index in [9.17, 15) is 4.79 Å². The number of carbonyl (C=O) groups is 1. The van der Waals surface area contributed by atoms with E-state index in [1.807, 2.05) is 0 Å². The summed E-state index contributed by atoms with van der Waals surface area (Å²) < 4.78 is 21.7. The number of rotatable bonds is 4. The van der Waals surface area contributed by atoms with Crippen LogP contribution in [0.25, 0.3) is 0 Å². The summed E-state index contributed by atoms with van der Waals surface area (Å²) in [7, 11) is 1.43. The number of benzene rings is 2. The van der Waals surface area contributed by atoms with Gasteiger partial charge in [-0.2, -0.15) is 0 Å². The van der Waals surface area contributed by atoms with Crippen LogP contribution < -0.4 is 19.9 Å². The average Bonchev–Trinajstić information content (AvgIpc) is 2.87. The van der Waals surface area contributed by atoms with Crippen molar-refractivity contribution in [3.05, 3.63) is 45.4 Å². The van der Waals surface area contributed by atoms with Gasteiger partial charge in [0.2, 0.25) is 0 Å². The molecule has 0 atom stereocenters. The maximum absolute atomic E-state index is 12.4. The molecule has 0 amide bonds. The SMILES string of the molecule is COc1cc(N)c(Cl)cc1C(=O)OCc1cc(Cl)c2c(c1)OCCCO2. The van der Waals surface area contributed by atoms with E-state index >= 15 is 0 Å². The molecule has 1 aliphatic heterocycles. The van der Waals surface area contributed by atoms with E-state index in [-0.39, 0.29) is 22.9 Å². The number of nitrogens with two attached hydrogens (primary N) is 1. The van der Waals surface area contributed by atoms with Crippen LogP contribution in [0, 0.1) is 0 Å². The molecule has 0 aromatic heterocycles. The Morgan fingerprint density at radius 3 is 2.69 bits per heavy atom. The lowest BCUT2D eigenvalue weighted by atomic mass is 10.1. The van der Waals surface area contributed by atoms with Crippen molar-refractivity contribution in [2.75, 3.05) is 26.1 Å². The van der Waals surface area contributed by atoms with Crippen LogP contribution in [0.15, 0.2) is 24.3 Å². The predicted octanol–water partition coefficient (Wildman–Crippen LogP) is 4.10. The van der Waals surface area contributed by atoms with E-state index in [2.05, 4.69) is 0 Å². The summed E-state index contributed by atoms with van der Waals surface area (Å²) >= 11 is 12.2. The van der Waals surface area contributed by atoms with Crippen molar-refractivity contribution in [3.63, 3.8) is 0 Å². The van der Waals surface area contributed by atoms with Gasteiger partial charge in [-0.3, -0.25) is 0 Å². The molecule has 0 saturated carbocycles. The Morgan fingerprint density at radius 2 is 1.92 bits per heavy atom. The third kappa shape index (κ3) is 3.92. The average molecular weight is 398 g/mol. The van der Waals surface area contributed by atoms with Crippen LogP contribution in [0.4, 0.5) is 5.69 Å². The second-order valence-electron chi connectivity index (χ2n) is 5.61. The van der Waals surface area contributed by atoms with E-state index in [0.717, 1.165) is 6.42 Å². The summed E-state index contributed by atoms with van der Waals surface area (Å²) in [6, 6.07) is 6.31. The van der Waals surface area contributed by atoms with Gasteiger partial charge in [-0.25, -0.2) is 4.79 Å². The number of hydrogen-bond donors (Lipinski definition) is 1. The highest BCUT2D eigenvalue weighted by Crippen LogP contribution is 2.38. The molecule has 0 fully saturated rings. The fourth-order valence-corrected chi connectivity index (χ4v) is 2.94. The second-order valence-corrected chi connectivity index (χ2v) is 6.42. The zero-order valence-electron chi connectivity index (χ0n) is 14.0. The van der Waals surface area contributed by atoms with Crippen LogP contribution in [-0.4, -0.2) is 26.3 Å². The molecule has 0 saturated heterocycles. The summed E-state index contributed by atoms with van der Waals surface area (Å²) in [6.07, 6.45) is 0.771. The van der Waals surface area contributed by atoms with Gasteiger partial charge in [-0.05, 0) is 23.8 Å². The molecular weight excluding hydrogens is 381 g/mol. The van der Waals surface area contributed by atoms with Crippen molar-refractivity contribution in [1.29, 1.82) is 0 Å². The molecule has 2 aromatic carbocycles. The lowest BCUT2D eigenvalue weighted by molar-refractivity contribution is 0.0468. The molecule has 1 aliphatic rings. The van der Waals surface area contributed by atoms with Crippen LogP contribution in [0.2, 0.25) is 10.0 Å². The fourth-order valence-electron chi connectivity index (χ4n) is 2.49. The summed E-state index contributed by atoms with van der Waals surface area (Å²) in [5.41, 5.74) is 6.90. The minimum absolute atomic E-state index is 0.000340. The maximum atomic E-state index is 12.4. The molecule has 0 unspecified atom stereocenters. The molecule has 138 valence electrons. The number of halogens is 2. The topological polar surface area (TPSA) is 80.0 Å². The standard InChI is InChI=1S/C18H17Cl2NO5/c1-23-15-8-14(21)12(19)7-11(15)18(22)26-9-10-5-13(20)17-16(6-10)24-3-2-4-25-17/h5-8H,2-4,9,21H2,1H3. The minimum Gasteiger partial charge on any atom is -0.496 e. The second kappa shape index (κ2) is 7.93. The van der Waals surface area contributed by atoms with E-state index in [1.54, 1.807) is 12.1 Å². The Labute approximate surface area is 160 Å². The number of nitrogen functional groups attached to an aromatic ring is 1. The number of ether oxygens (including phenoxy) is 4. The quantitative estimate of drug-likeness (QED) is 0.617. The number of methoxy groups -OCH3 is 1. The van der Waals surface area contributed by atoms with Crippen molar-refractivity contribution in [1.82, 2.24) is 0 Å². The van der Waals surface area contributed by atoms with Crippen LogP contribution in [-0.2, 0) is 11.3 Å². The largest absolute Gasteiger partial charge is 0.496 e. The molecule has 3 rings (SSSR count). The number of esters is 1. The molecule has 26 heavy (non-hydrogen) atoms. The molecule has 0 radical (unpaired) electrons. The maximum Gasteiger partial charge on any atom is 0.342 e. The Morgan fingerprint density at radius 1 is 1.15 bits per heavy atom. The third-order valence-corrected chi connectivity index (χ3v) is 4.38. The van der Waals surface area contributed by atoms with Gasteiger partial charge in [-0.15, -0.1) is 0 Å². The lowest BCUT2D eigenvalue weighted by Gasteiger charge is -2.13. The number of carbonyl (C=O) groups excluding carboxylic acids is 1. The first-order valence-corrected chi connectivity index (χ1v) is 8.63. The van der Waals surface area contributed by atoms with Gasteiger partial charge < -0.3 is 24.7 Å². The van der Waals surface area contributed by atoms with Gasteiger partial charge >= 0.3 is 5.97 Å². The monoisotopic (exact) mass is 397 g/mol. The zero-order valence-corrected chi connectivity index (χ0v) is 15.5. The zero-order chi connectivity index (χ0) is 18.7. The van der Waals surface area contributed by atoms with Crippen LogP contribution in [0.1, 0.15) is 22.3 Å². The van der Waals surface area contributed by atoms with Gasteiger partial charge in [-0.1, -0.05) is 23.2 Å². The minimum atomic E-state index is -0.591. The smallest absolute Gasteiger partial charge is 0.342 e. The third-order valence-electron chi connectivity index (χ3n) is 3.77. The first-order chi connectivity index (χ1) is 12.5. The molecule has 6 nitrogen and oxygen atoms in total. The highest BCUT2D eigenvalue weighted by atomic mass is 35.5. The molecule has 0 aliphatic carbocycles. The molecular formula is C18H17Cl2NO5. The number of hydrogen-bond acceptors (Lipinski definition) is 6. The molecule has 0 bridgehead atoms. The van der Waals surface area contributed by atoms with Crippen molar-refractivity contribution in [3.8, 4) is 17.2 Å². The number of anilines is 1. The summed E-state index contributed by atoms with van der Waals surface area (Å²) in [5.74, 6) is 0.737. The van der Waals surface area contributed by atoms with Gasteiger partial charge in [0.15, 0.2) is 11.5 Å². The van der Waals surface area contributed by atoms with Gasteiger partial charge in [0, 0.05) is 12.5 Å². The summed E-state index contributed by atoms with van der Waals surface area (Å²) in [5, 5.41) is 0.653. The first kappa shape index (κ1) is 18.5. The van der Waals surface area contributed by atoms with Crippen LogP contribution in [0.5, 0.6) is 17.2 Å². The van der Waals surface area contributed by atoms with Gasteiger partial charge in [0.1, 0.15) is 17.9 Å². The highest BCUT2D eigenvalue weighted by molar-refractivity contribution is 6.33. The van der Waals surface area contributed by atoms with Crippen molar-refractivity contribution in [2.24, 2.45) is 0 Å². The predicted molar refractivity (Wildman–Crippen MR) is 98.6 cm³/mol. The van der Waals surface area contributed by atoms with Crippen molar-refractivity contribution >= 4 is 34.9 Å².